The van der Waals surface area contributed by atoms with Crippen LogP contribution in [0, 0.1) is 5.92 Å². The Kier molecular flexibility index (Phi) is 4.76. The standard InChI is InChI=1S/C16H20BrN3/c1-4-11-7-5-6-8-12(11)16-19-13(9-10(2)3)14(17)15(18)20-16/h5-8,10H,4,9H2,1-3H3,(H2,18,19,20). The van der Waals surface area contributed by atoms with Crippen LogP contribution in [0.2, 0.25) is 0 Å². The highest BCUT2D eigenvalue weighted by Gasteiger charge is 2.14. The van der Waals surface area contributed by atoms with E-state index >= 15 is 0 Å². The molecule has 1 aromatic carbocycles. The van der Waals surface area contributed by atoms with Crippen LogP contribution in [0.1, 0.15) is 32.0 Å². The number of hydrogen-bond acceptors (Lipinski definition) is 3. The van der Waals surface area contributed by atoms with Crippen LogP contribution in [0.5, 0.6) is 0 Å². The van der Waals surface area contributed by atoms with Gasteiger partial charge in [0.1, 0.15) is 5.82 Å². The molecule has 0 aliphatic carbocycles. The van der Waals surface area contributed by atoms with Gasteiger partial charge in [0, 0.05) is 5.56 Å². The monoisotopic (exact) mass is 333 g/mol. The van der Waals surface area contributed by atoms with Crippen LogP contribution in [0.15, 0.2) is 28.7 Å². The van der Waals surface area contributed by atoms with Crippen LogP contribution >= 0.6 is 15.9 Å². The van der Waals surface area contributed by atoms with E-state index < -0.39 is 0 Å². The van der Waals surface area contributed by atoms with E-state index in [9.17, 15) is 0 Å². The number of hydrogen-bond donors (Lipinski definition) is 1. The number of benzene rings is 1. The van der Waals surface area contributed by atoms with Crippen LogP contribution in [0.25, 0.3) is 11.4 Å². The highest BCUT2D eigenvalue weighted by Crippen LogP contribution is 2.28. The lowest BCUT2D eigenvalue weighted by atomic mass is 10.0. The molecule has 0 fully saturated rings. The molecule has 0 saturated heterocycles. The number of anilines is 1. The number of rotatable bonds is 4. The van der Waals surface area contributed by atoms with E-state index in [1.807, 2.05) is 12.1 Å². The van der Waals surface area contributed by atoms with Crippen LogP contribution in [0.3, 0.4) is 0 Å². The van der Waals surface area contributed by atoms with Gasteiger partial charge in [0.05, 0.1) is 10.2 Å². The van der Waals surface area contributed by atoms with E-state index in [-0.39, 0.29) is 0 Å². The number of aryl methyl sites for hydroxylation is 1. The Bertz CT molecular complexity index is 609. The van der Waals surface area contributed by atoms with Crippen LogP contribution < -0.4 is 5.73 Å². The zero-order chi connectivity index (χ0) is 14.7. The van der Waals surface area contributed by atoms with Gasteiger partial charge in [-0.15, -0.1) is 0 Å². The Balaban J connectivity index is 2.54. The first-order valence-electron chi connectivity index (χ1n) is 6.93. The van der Waals surface area contributed by atoms with Crippen molar-refractivity contribution in [1.29, 1.82) is 0 Å². The van der Waals surface area contributed by atoms with E-state index in [1.54, 1.807) is 0 Å². The minimum absolute atomic E-state index is 0.511. The molecular weight excluding hydrogens is 314 g/mol. The van der Waals surface area contributed by atoms with Crippen molar-refractivity contribution in [1.82, 2.24) is 9.97 Å². The first-order chi connectivity index (χ1) is 9.52. The summed E-state index contributed by atoms with van der Waals surface area (Å²) >= 11 is 3.50. The third-order valence-corrected chi connectivity index (χ3v) is 4.05. The molecule has 4 heteroatoms. The maximum absolute atomic E-state index is 6.03. The molecule has 2 N–H and O–H groups in total. The number of nitrogens with zero attached hydrogens (tertiary/aromatic N) is 2. The molecule has 0 radical (unpaired) electrons. The zero-order valence-electron chi connectivity index (χ0n) is 12.2. The van der Waals surface area contributed by atoms with Crippen molar-refractivity contribution in [2.75, 3.05) is 5.73 Å². The Labute approximate surface area is 128 Å². The molecule has 20 heavy (non-hydrogen) atoms. The van der Waals surface area contributed by atoms with Crippen molar-refractivity contribution in [3.8, 4) is 11.4 Å². The molecule has 0 saturated carbocycles. The third-order valence-electron chi connectivity index (χ3n) is 3.19. The van der Waals surface area contributed by atoms with Crippen LogP contribution in [0.4, 0.5) is 5.82 Å². The fourth-order valence-corrected chi connectivity index (χ4v) is 2.54. The maximum atomic E-state index is 6.03. The molecule has 0 aliphatic rings. The van der Waals surface area contributed by atoms with Gasteiger partial charge in [0.15, 0.2) is 5.82 Å². The Hall–Kier alpha value is -1.42. The van der Waals surface area contributed by atoms with Gasteiger partial charge in [-0.05, 0) is 40.3 Å². The van der Waals surface area contributed by atoms with E-state index in [1.165, 1.54) is 5.56 Å². The van der Waals surface area contributed by atoms with Crippen LogP contribution in [-0.2, 0) is 12.8 Å². The summed E-state index contributed by atoms with van der Waals surface area (Å²) in [5.74, 6) is 1.75. The highest BCUT2D eigenvalue weighted by molar-refractivity contribution is 9.10. The van der Waals surface area contributed by atoms with Crippen molar-refractivity contribution >= 4 is 21.7 Å². The molecule has 0 bridgehead atoms. The van der Waals surface area contributed by atoms with Crippen molar-refractivity contribution in [2.45, 2.75) is 33.6 Å². The summed E-state index contributed by atoms with van der Waals surface area (Å²) in [6.07, 6.45) is 1.84. The van der Waals surface area contributed by atoms with E-state index in [4.69, 9.17) is 10.7 Å². The number of halogens is 1. The average Bonchev–Trinajstić information content (AvgIpc) is 2.43. The molecule has 0 amide bonds. The Morgan fingerprint density at radius 1 is 1.20 bits per heavy atom. The maximum Gasteiger partial charge on any atom is 0.162 e. The molecule has 2 aromatic rings. The summed E-state index contributed by atoms with van der Waals surface area (Å²) < 4.78 is 0.823. The number of nitrogen functional groups attached to an aromatic ring is 1. The molecule has 106 valence electrons. The van der Waals surface area contributed by atoms with Crippen molar-refractivity contribution in [3.63, 3.8) is 0 Å². The van der Waals surface area contributed by atoms with Crippen molar-refractivity contribution < 1.29 is 0 Å². The first kappa shape index (κ1) is 15.0. The smallest absolute Gasteiger partial charge is 0.162 e. The fraction of sp³-hybridized carbons (Fsp3) is 0.375. The molecule has 0 aliphatic heterocycles. The van der Waals surface area contributed by atoms with E-state index in [2.05, 4.69) is 53.8 Å². The van der Waals surface area contributed by atoms with Crippen molar-refractivity contribution in [3.05, 3.63) is 40.0 Å². The zero-order valence-corrected chi connectivity index (χ0v) is 13.7. The van der Waals surface area contributed by atoms with Gasteiger partial charge in [-0.2, -0.15) is 0 Å². The van der Waals surface area contributed by atoms with Gasteiger partial charge >= 0.3 is 0 Å². The Morgan fingerprint density at radius 2 is 1.90 bits per heavy atom. The molecule has 2 rings (SSSR count). The lowest BCUT2D eigenvalue weighted by molar-refractivity contribution is 0.633. The molecular formula is C16H20BrN3. The summed E-state index contributed by atoms with van der Waals surface area (Å²) in [4.78, 5) is 9.15. The first-order valence-corrected chi connectivity index (χ1v) is 7.72. The summed E-state index contributed by atoms with van der Waals surface area (Å²) in [6.45, 7) is 6.48. The fourth-order valence-electron chi connectivity index (χ4n) is 2.20. The quantitative estimate of drug-likeness (QED) is 0.909. The second kappa shape index (κ2) is 6.35. The minimum atomic E-state index is 0.511. The summed E-state index contributed by atoms with van der Waals surface area (Å²) in [7, 11) is 0. The average molecular weight is 334 g/mol. The summed E-state index contributed by atoms with van der Waals surface area (Å²) in [5, 5.41) is 0. The number of nitrogens with two attached hydrogens (primary N) is 1. The lowest BCUT2D eigenvalue weighted by Gasteiger charge is -2.12. The molecule has 1 heterocycles. The largest absolute Gasteiger partial charge is 0.383 e. The van der Waals surface area contributed by atoms with Crippen molar-refractivity contribution in [2.24, 2.45) is 5.92 Å². The molecule has 0 unspecified atom stereocenters. The summed E-state index contributed by atoms with van der Waals surface area (Å²) in [5.41, 5.74) is 9.32. The second-order valence-corrected chi connectivity index (χ2v) is 6.09. The molecule has 0 spiro atoms. The Morgan fingerprint density at radius 3 is 2.55 bits per heavy atom. The van der Waals surface area contributed by atoms with Gasteiger partial charge in [-0.1, -0.05) is 45.0 Å². The summed E-state index contributed by atoms with van der Waals surface area (Å²) in [6, 6.07) is 8.22. The third kappa shape index (κ3) is 3.18. The van der Waals surface area contributed by atoms with Gasteiger partial charge in [0.25, 0.3) is 0 Å². The molecule has 3 nitrogen and oxygen atoms in total. The van der Waals surface area contributed by atoms with E-state index in [0.717, 1.165) is 34.4 Å². The second-order valence-electron chi connectivity index (χ2n) is 5.30. The van der Waals surface area contributed by atoms with Gasteiger partial charge in [-0.25, -0.2) is 9.97 Å². The van der Waals surface area contributed by atoms with Gasteiger partial charge < -0.3 is 5.73 Å². The predicted molar refractivity (Wildman–Crippen MR) is 87.5 cm³/mol. The van der Waals surface area contributed by atoms with Gasteiger partial charge in [0.2, 0.25) is 0 Å². The normalized spacial score (nSPS) is 11.1. The number of aromatic nitrogens is 2. The molecule has 1 aromatic heterocycles. The van der Waals surface area contributed by atoms with Crippen LogP contribution in [-0.4, -0.2) is 9.97 Å². The topological polar surface area (TPSA) is 51.8 Å². The highest BCUT2D eigenvalue weighted by atomic mass is 79.9. The molecule has 0 atom stereocenters. The predicted octanol–water partition coefficient (Wildman–Crippen LogP) is 4.25. The minimum Gasteiger partial charge on any atom is -0.383 e. The van der Waals surface area contributed by atoms with E-state index in [0.29, 0.717) is 11.7 Å². The van der Waals surface area contributed by atoms with Gasteiger partial charge in [-0.3, -0.25) is 0 Å². The lowest BCUT2D eigenvalue weighted by Crippen LogP contribution is -2.06. The SMILES string of the molecule is CCc1ccccc1-c1nc(N)c(Br)c(CC(C)C)n1.